The molecule has 8 heteroatoms. The first kappa shape index (κ1) is 24.3. The highest BCUT2D eigenvalue weighted by Crippen LogP contribution is 2.47. The molecule has 0 N–H and O–H groups in total. The zero-order valence-electron chi connectivity index (χ0n) is 19.4. The molecule has 4 rings (SSSR count). The summed E-state index contributed by atoms with van der Waals surface area (Å²) >= 11 is 0. The molecule has 0 radical (unpaired) electrons. The number of carbonyl (C=O) groups is 1. The van der Waals surface area contributed by atoms with Crippen LogP contribution >= 0.6 is 0 Å². The quantitative estimate of drug-likeness (QED) is 0.426. The van der Waals surface area contributed by atoms with Crippen LogP contribution in [-0.4, -0.2) is 35.6 Å². The van der Waals surface area contributed by atoms with Gasteiger partial charge in [0.1, 0.15) is 12.4 Å². The van der Waals surface area contributed by atoms with Crippen molar-refractivity contribution in [1.29, 1.82) is 0 Å². The number of aromatic nitrogens is 1. The second-order valence-corrected chi connectivity index (χ2v) is 10.5. The molecular weight excluding hydrogens is 436 g/mol. The van der Waals surface area contributed by atoms with Gasteiger partial charge in [0.2, 0.25) is 11.8 Å². The SMILES string of the molecule is CC(C)[C@@H]1COC(=O)N1c1cccc(CC(C2CCC(F)(F)CC2)C2CCC(F)(F)CC2)n1. The molecule has 2 saturated carbocycles. The van der Waals surface area contributed by atoms with Crippen LogP contribution in [0.1, 0.15) is 70.9 Å². The number of hydrogen-bond donors (Lipinski definition) is 0. The van der Waals surface area contributed by atoms with E-state index in [1.165, 1.54) is 0 Å². The first-order valence-electron chi connectivity index (χ1n) is 12.2. The molecule has 1 aromatic heterocycles. The maximum absolute atomic E-state index is 13.8. The summed E-state index contributed by atoms with van der Waals surface area (Å²) in [5, 5.41) is 0. The number of cyclic esters (lactones) is 1. The Morgan fingerprint density at radius 2 is 1.55 bits per heavy atom. The Balaban J connectivity index is 1.55. The van der Waals surface area contributed by atoms with Crippen molar-refractivity contribution in [3.05, 3.63) is 23.9 Å². The van der Waals surface area contributed by atoms with E-state index in [1.54, 1.807) is 11.0 Å². The number of anilines is 1. The number of ether oxygens (including phenoxy) is 1. The van der Waals surface area contributed by atoms with Gasteiger partial charge >= 0.3 is 6.09 Å². The van der Waals surface area contributed by atoms with Crippen LogP contribution in [0.2, 0.25) is 0 Å². The summed E-state index contributed by atoms with van der Waals surface area (Å²) in [5.41, 5.74) is 0.773. The first-order chi connectivity index (χ1) is 15.5. The molecule has 2 aliphatic carbocycles. The van der Waals surface area contributed by atoms with Crippen LogP contribution in [0.25, 0.3) is 0 Å². The summed E-state index contributed by atoms with van der Waals surface area (Å²) < 4.78 is 60.5. The van der Waals surface area contributed by atoms with Gasteiger partial charge in [-0.25, -0.2) is 27.3 Å². The maximum atomic E-state index is 13.8. The molecule has 184 valence electrons. The minimum absolute atomic E-state index is 0.0337. The van der Waals surface area contributed by atoms with Crippen LogP contribution in [-0.2, 0) is 11.2 Å². The van der Waals surface area contributed by atoms with Crippen LogP contribution in [0.5, 0.6) is 0 Å². The average Bonchev–Trinajstić information content (AvgIpc) is 3.15. The predicted octanol–water partition coefficient (Wildman–Crippen LogP) is 6.87. The second kappa shape index (κ2) is 9.41. The maximum Gasteiger partial charge on any atom is 0.415 e. The van der Waals surface area contributed by atoms with Crippen LogP contribution in [0.3, 0.4) is 0 Å². The summed E-state index contributed by atoms with van der Waals surface area (Å²) in [6, 6.07) is 5.42. The minimum atomic E-state index is -2.62. The fraction of sp³-hybridized carbons (Fsp3) is 0.760. The Hall–Kier alpha value is -1.86. The fourth-order valence-corrected chi connectivity index (χ4v) is 5.85. The van der Waals surface area contributed by atoms with Gasteiger partial charge in [-0.05, 0) is 67.9 Å². The number of nitrogens with zero attached hydrogens (tertiary/aromatic N) is 2. The standard InChI is InChI=1S/C25H34F4N2O2/c1-16(2)21-15-33-23(32)31(21)22-5-3-4-19(30-22)14-20(17-6-10-24(26,27)11-7-17)18-8-12-25(28,29)13-9-18/h3-5,16-18,20-21H,6-15H2,1-2H3/t21-/m0/s1. The van der Waals surface area contributed by atoms with Crippen LogP contribution < -0.4 is 4.90 Å². The van der Waals surface area contributed by atoms with Gasteiger partial charge in [-0.15, -0.1) is 0 Å². The van der Waals surface area contributed by atoms with Gasteiger partial charge in [-0.2, -0.15) is 0 Å². The normalized spacial score (nSPS) is 26.2. The third-order valence-corrected chi connectivity index (χ3v) is 7.89. The number of hydrogen-bond acceptors (Lipinski definition) is 3. The number of amides is 1. The van der Waals surface area contributed by atoms with Crippen LogP contribution in [0.15, 0.2) is 18.2 Å². The van der Waals surface area contributed by atoms with Crippen molar-refractivity contribution >= 4 is 11.9 Å². The van der Waals surface area contributed by atoms with Crippen molar-refractivity contribution < 1.29 is 27.1 Å². The van der Waals surface area contributed by atoms with E-state index in [4.69, 9.17) is 9.72 Å². The molecule has 0 aromatic carbocycles. The Morgan fingerprint density at radius 1 is 1.00 bits per heavy atom. The van der Waals surface area contributed by atoms with Crippen molar-refractivity contribution in [3.8, 4) is 0 Å². The van der Waals surface area contributed by atoms with Gasteiger partial charge < -0.3 is 4.74 Å². The molecule has 0 unspecified atom stereocenters. The largest absolute Gasteiger partial charge is 0.447 e. The molecule has 1 aromatic rings. The highest BCUT2D eigenvalue weighted by molar-refractivity contribution is 5.89. The third-order valence-electron chi connectivity index (χ3n) is 7.89. The lowest BCUT2D eigenvalue weighted by Crippen LogP contribution is -2.38. The Bertz CT molecular complexity index is 799. The molecule has 3 aliphatic rings. The van der Waals surface area contributed by atoms with E-state index in [0.29, 0.717) is 44.5 Å². The summed E-state index contributed by atoms with van der Waals surface area (Å²) in [6.45, 7) is 4.37. The number of pyridine rings is 1. The van der Waals surface area contributed by atoms with Crippen molar-refractivity contribution in [2.24, 2.45) is 23.7 Å². The average molecular weight is 471 g/mol. The van der Waals surface area contributed by atoms with E-state index in [0.717, 1.165) is 5.69 Å². The minimum Gasteiger partial charge on any atom is -0.447 e. The molecule has 0 spiro atoms. The predicted molar refractivity (Wildman–Crippen MR) is 118 cm³/mol. The topological polar surface area (TPSA) is 42.4 Å². The Labute approximate surface area is 193 Å². The van der Waals surface area contributed by atoms with Gasteiger partial charge in [0.15, 0.2) is 0 Å². The number of halogens is 4. The van der Waals surface area contributed by atoms with E-state index in [-0.39, 0.29) is 55.4 Å². The van der Waals surface area contributed by atoms with E-state index in [2.05, 4.69) is 0 Å². The molecule has 2 heterocycles. The van der Waals surface area contributed by atoms with E-state index in [1.807, 2.05) is 26.0 Å². The van der Waals surface area contributed by atoms with Gasteiger partial charge in [-0.3, -0.25) is 4.90 Å². The lowest BCUT2D eigenvalue weighted by atomic mass is 9.67. The summed E-state index contributed by atoms with van der Waals surface area (Å²) in [7, 11) is 0. The van der Waals surface area contributed by atoms with Gasteiger partial charge in [0, 0.05) is 31.4 Å². The Morgan fingerprint density at radius 3 is 2.06 bits per heavy atom. The van der Waals surface area contributed by atoms with E-state index >= 15 is 0 Å². The molecule has 3 fully saturated rings. The Kier molecular flexibility index (Phi) is 6.92. The highest BCUT2D eigenvalue weighted by atomic mass is 19.3. The lowest BCUT2D eigenvalue weighted by Gasteiger charge is -2.40. The van der Waals surface area contributed by atoms with Crippen molar-refractivity contribution in [1.82, 2.24) is 4.98 Å². The van der Waals surface area contributed by atoms with Crippen molar-refractivity contribution in [3.63, 3.8) is 0 Å². The highest BCUT2D eigenvalue weighted by Gasteiger charge is 2.43. The van der Waals surface area contributed by atoms with Crippen molar-refractivity contribution in [2.45, 2.75) is 89.5 Å². The number of rotatable bonds is 6. The zero-order valence-corrected chi connectivity index (χ0v) is 19.4. The van der Waals surface area contributed by atoms with E-state index in [9.17, 15) is 22.4 Å². The molecule has 1 saturated heterocycles. The third kappa shape index (κ3) is 5.62. The fourth-order valence-electron chi connectivity index (χ4n) is 5.85. The summed E-state index contributed by atoms with van der Waals surface area (Å²) in [5.74, 6) is -4.34. The molecule has 1 aliphatic heterocycles. The molecule has 1 atom stereocenters. The lowest BCUT2D eigenvalue weighted by molar-refractivity contribution is -0.0727. The van der Waals surface area contributed by atoms with Gasteiger partial charge in [0.25, 0.3) is 0 Å². The van der Waals surface area contributed by atoms with Crippen molar-refractivity contribution in [2.75, 3.05) is 11.5 Å². The zero-order chi connectivity index (χ0) is 23.8. The monoisotopic (exact) mass is 470 g/mol. The van der Waals surface area contributed by atoms with Gasteiger partial charge in [-0.1, -0.05) is 19.9 Å². The van der Waals surface area contributed by atoms with E-state index < -0.39 is 17.9 Å². The second-order valence-electron chi connectivity index (χ2n) is 10.5. The molecule has 4 nitrogen and oxygen atoms in total. The first-order valence-corrected chi connectivity index (χ1v) is 12.2. The number of carbonyl (C=O) groups excluding carboxylic acids is 1. The smallest absolute Gasteiger partial charge is 0.415 e. The summed E-state index contributed by atoms with van der Waals surface area (Å²) in [6.07, 6.45) is 1.24. The molecule has 33 heavy (non-hydrogen) atoms. The molecule has 0 bridgehead atoms. The summed E-state index contributed by atoms with van der Waals surface area (Å²) in [4.78, 5) is 18.7. The van der Waals surface area contributed by atoms with Gasteiger partial charge in [0.05, 0.1) is 6.04 Å². The molecule has 1 amide bonds. The number of alkyl halides is 4. The molecular formula is C25H34F4N2O2. The van der Waals surface area contributed by atoms with Crippen LogP contribution in [0, 0.1) is 23.7 Å². The van der Waals surface area contributed by atoms with Crippen LogP contribution in [0.4, 0.5) is 28.2 Å².